The molecule has 1 aromatic carbocycles. The molecule has 3 heterocycles. The van der Waals surface area contributed by atoms with Gasteiger partial charge in [0, 0.05) is 29.9 Å². The predicted molar refractivity (Wildman–Crippen MR) is 128 cm³/mol. The molecule has 9 heteroatoms. The number of para-hydroxylation sites is 1. The Morgan fingerprint density at radius 3 is 2.75 bits per heavy atom. The highest BCUT2D eigenvalue weighted by molar-refractivity contribution is 7.98. The molecular weight excluding hydrogens is 440 g/mol. The third-order valence-corrected chi connectivity index (χ3v) is 6.82. The smallest absolute Gasteiger partial charge is 0.270 e. The molecule has 4 aromatic rings. The molecule has 0 radical (unpaired) electrons. The number of rotatable bonds is 9. The number of unbranched alkanes of at least 4 members (excludes halogenated alkanes) is 1. The highest BCUT2D eigenvalue weighted by Gasteiger charge is 2.18. The topological polar surface area (TPSA) is 85.6 Å². The van der Waals surface area contributed by atoms with Gasteiger partial charge in [-0.05, 0) is 37.1 Å². The summed E-state index contributed by atoms with van der Waals surface area (Å²) in [6, 6.07) is 12.0. The number of carbonyl (C=O) groups is 1. The van der Waals surface area contributed by atoms with Crippen molar-refractivity contribution < 1.29 is 4.79 Å². The molecule has 0 aliphatic heterocycles. The van der Waals surface area contributed by atoms with Gasteiger partial charge in [-0.15, -0.1) is 21.5 Å². The maximum absolute atomic E-state index is 12.2. The van der Waals surface area contributed by atoms with E-state index in [1.165, 1.54) is 11.3 Å². The normalized spacial score (nSPS) is 10.9. The Bertz CT molecular complexity index is 1190. The second-order valence-corrected chi connectivity index (χ2v) is 9.07. The molecule has 0 aliphatic carbocycles. The number of hydrogen-bond donors (Lipinski definition) is 1. The molecule has 1 amide bonds. The van der Waals surface area contributed by atoms with Crippen molar-refractivity contribution in [3.63, 3.8) is 0 Å². The third kappa shape index (κ3) is 5.05. The van der Waals surface area contributed by atoms with E-state index in [1.54, 1.807) is 24.2 Å². The molecule has 1 N–H and O–H groups in total. The van der Waals surface area contributed by atoms with E-state index < -0.39 is 0 Å². The summed E-state index contributed by atoms with van der Waals surface area (Å²) in [6.45, 7) is 4.85. The standard InChI is InChI=1S/C23H24N6OS2/c1-3-4-11-25-22(30)18-14-31-20(26-18)15-32-23-28-27-21(17-9-12-24-13-10-17)29(23)19-8-6-5-7-16(19)2/h5-10,12-14H,3-4,11,15H2,1-2H3,(H,25,30). The Kier molecular flexibility index (Phi) is 7.28. The van der Waals surface area contributed by atoms with Crippen LogP contribution < -0.4 is 5.32 Å². The fraction of sp³-hybridized carbons (Fsp3) is 0.261. The van der Waals surface area contributed by atoms with Crippen molar-refractivity contribution >= 4 is 29.0 Å². The first-order valence-corrected chi connectivity index (χ1v) is 12.3. The minimum Gasteiger partial charge on any atom is -0.351 e. The minimum absolute atomic E-state index is 0.117. The molecule has 0 bridgehead atoms. The number of nitrogens with one attached hydrogen (secondary N) is 1. The summed E-state index contributed by atoms with van der Waals surface area (Å²) in [5, 5.41) is 15.3. The van der Waals surface area contributed by atoms with E-state index in [0.29, 0.717) is 18.0 Å². The SMILES string of the molecule is CCCCNC(=O)c1csc(CSc2nnc(-c3ccncc3)n2-c2ccccc2C)n1. The highest BCUT2D eigenvalue weighted by atomic mass is 32.2. The molecule has 0 saturated carbocycles. The zero-order valence-electron chi connectivity index (χ0n) is 18.0. The van der Waals surface area contributed by atoms with Crippen molar-refractivity contribution in [2.45, 2.75) is 37.6 Å². The van der Waals surface area contributed by atoms with E-state index in [0.717, 1.165) is 45.6 Å². The molecule has 164 valence electrons. The number of thiazole rings is 1. The van der Waals surface area contributed by atoms with Crippen molar-refractivity contribution in [3.8, 4) is 17.1 Å². The van der Waals surface area contributed by atoms with Gasteiger partial charge in [0.25, 0.3) is 5.91 Å². The van der Waals surface area contributed by atoms with Gasteiger partial charge in [-0.3, -0.25) is 14.3 Å². The van der Waals surface area contributed by atoms with Crippen LogP contribution in [0.1, 0.15) is 40.8 Å². The molecule has 0 atom stereocenters. The number of aromatic nitrogens is 5. The lowest BCUT2D eigenvalue weighted by atomic mass is 10.2. The zero-order valence-corrected chi connectivity index (χ0v) is 19.6. The number of nitrogens with zero attached hydrogens (tertiary/aromatic N) is 5. The summed E-state index contributed by atoms with van der Waals surface area (Å²) in [4.78, 5) is 20.9. The Hall–Kier alpha value is -3.04. The van der Waals surface area contributed by atoms with Gasteiger partial charge in [0.2, 0.25) is 0 Å². The quantitative estimate of drug-likeness (QED) is 0.280. The molecule has 7 nitrogen and oxygen atoms in total. The van der Waals surface area contributed by atoms with Gasteiger partial charge in [0.05, 0.1) is 11.4 Å². The fourth-order valence-corrected chi connectivity index (χ4v) is 4.90. The first kappa shape index (κ1) is 22.2. The van der Waals surface area contributed by atoms with E-state index in [1.807, 2.05) is 29.6 Å². The Morgan fingerprint density at radius 2 is 1.97 bits per heavy atom. The number of aryl methyl sites for hydroxylation is 1. The van der Waals surface area contributed by atoms with Crippen molar-refractivity contribution in [2.75, 3.05) is 6.54 Å². The van der Waals surface area contributed by atoms with Crippen LogP contribution in [0.4, 0.5) is 0 Å². The molecule has 0 saturated heterocycles. The van der Waals surface area contributed by atoms with Crippen molar-refractivity contribution in [1.29, 1.82) is 0 Å². The minimum atomic E-state index is -0.117. The molecule has 4 rings (SSSR count). The summed E-state index contributed by atoms with van der Waals surface area (Å²) in [7, 11) is 0. The predicted octanol–water partition coefficient (Wildman–Crippen LogP) is 4.92. The summed E-state index contributed by atoms with van der Waals surface area (Å²) >= 11 is 3.04. The average molecular weight is 465 g/mol. The van der Waals surface area contributed by atoms with Crippen LogP contribution in [0.3, 0.4) is 0 Å². The summed E-state index contributed by atoms with van der Waals surface area (Å²) in [5.74, 6) is 1.25. The largest absolute Gasteiger partial charge is 0.351 e. The van der Waals surface area contributed by atoms with Crippen LogP contribution in [-0.2, 0) is 5.75 Å². The van der Waals surface area contributed by atoms with E-state index in [4.69, 9.17) is 0 Å². The van der Waals surface area contributed by atoms with Crippen LogP contribution in [-0.4, -0.2) is 37.2 Å². The average Bonchev–Trinajstić information content (AvgIpc) is 3.46. The second kappa shape index (κ2) is 10.5. The van der Waals surface area contributed by atoms with Crippen LogP contribution in [0.2, 0.25) is 0 Å². The van der Waals surface area contributed by atoms with Crippen LogP contribution in [0.5, 0.6) is 0 Å². The number of benzene rings is 1. The molecule has 3 aromatic heterocycles. The highest BCUT2D eigenvalue weighted by Crippen LogP contribution is 2.31. The zero-order chi connectivity index (χ0) is 22.3. The van der Waals surface area contributed by atoms with E-state index in [2.05, 4.69) is 56.0 Å². The summed E-state index contributed by atoms with van der Waals surface area (Å²) in [6.07, 6.45) is 5.51. The van der Waals surface area contributed by atoms with Crippen LogP contribution in [0, 0.1) is 6.92 Å². The van der Waals surface area contributed by atoms with Crippen molar-refractivity contribution in [3.05, 3.63) is 70.4 Å². The van der Waals surface area contributed by atoms with Gasteiger partial charge in [-0.2, -0.15) is 0 Å². The molecule has 0 unspecified atom stereocenters. The molecule has 0 fully saturated rings. The molecular formula is C23H24N6OS2. The Labute approximate surface area is 195 Å². The first-order chi connectivity index (χ1) is 15.7. The lowest BCUT2D eigenvalue weighted by molar-refractivity contribution is 0.0948. The van der Waals surface area contributed by atoms with E-state index in [-0.39, 0.29) is 5.91 Å². The van der Waals surface area contributed by atoms with E-state index >= 15 is 0 Å². The molecule has 32 heavy (non-hydrogen) atoms. The molecule has 0 aliphatic rings. The van der Waals surface area contributed by atoms with Gasteiger partial charge in [-0.25, -0.2) is 4.98 Å². The van der Waals surface area contributed by atoms with Gasteiger partial charge in [0.1, 0.15) is 10.7 Å². The fourth-order valence-electron chi connectivity index (χ4n) is 3.16. The van der Waals surface area contributed by atoms with Gasteiger partial charge in [0.15, 0.2) is 11.0 Å². The second-order valence-electron chi connectivity index (χ2n) is 7.19. The Morgan fingerprint density at radius 1 is 1.16 bits per heavy atom. The number of hydrogen-bond acceptors (Lipinski definition) is 7. The molecule has 0 spiro atoms. The number of amides is 1. The van der Waals surface area contributed by atoms with Crippen LogP contribution in [0.25, 0.3) is 17.1 Å². The van der Waals surface area contributed by atoms with E-state index in [9.17, 15) is 4.79 Å². The Balaban J connectivity index is 1.57. The maximum atomic E-state index is 12.2. The monoisotopic (exact) mass is 464 g/mol. The van der Waals surface area contributed by atoms with Crippen LogP contribution >= 0.6 is 23.1 Å². The summed E-state index contributed by atoms with van der Waals surface area (Å²) < 4.78 is 2.07. The number of thioether (sulfide) groups is 1. The lowest BCUT2D eigenvalue weighted by Crippen LogP contribution is -2.24. The number of pyridine rings is 1. The van der Waals surface area contributed by atoms with Gasteiger partial charge in [-0.1, -0.05) is 43.3 Å². The number of carbonyl (C=O) groups excluding carboxylic acids is 1. The third-order valence-electron chi connectivity index (χ3n) is 4.85. The van der Waals surface area contributed by atoms with Gasteiger partial charge < -0.3 is 5.32 Å². The summed E-state index contributed by atoms with van der Waals surface area (Å²) in [5.41, 5.74) is 3.58. The van der Waals surface area contributed by atoms with Crippen molar-refractivity contribution in [1.82, 2.24) is 30.0 Å². The van der Waals surface area contributed by atoms with Crippen LogP contribution in [0.15, 0.2) is 59.3 Å². The lowest BCUT2D eigenvalue weighted by Gasteiger charge is -2.12. The van der Waals surface area contributed by atoms with Gasteiger partial charge >= 0.3 is 0 Å². The van der Waals surface area contributed by atoms with Crippen molar-refractivity contribution in [2.24, 2.45) is 0 Å². The maximum Gasteiger partial charge on any atom is 0.270 e. The first-order valence-electron chi connectivity index (χ1n) is 10.4.